The number of nitrogens with one attached hydrogen (secondary N) is 1. The van der Waals surface area contributed by atoms with Gasteiger partial charge in [0.15, 0.2) is 11.6 Å². The summed E-state index contributed by atoms with van der Waals surface area (Å²) in [6.45, 7) is 0. The van der Waals surface area contributed by atoms with Gasteiger partial charge in [-0.3, -0.25) is 4.79 Å². The molecule has 5 nitrogen and oxygen atoms in total. The molecule has 2 heterocycles. The third kappa shape index (κ3) is 2.93. The number of aromatic amines is 1. The highest BCUT2D eigenvalue weighted by Crippen LogP contribution is 2.38. The number of halogens is 2. The number of anilines is 1. The maximum absolute atomic E-state index is 14.0. The van der Waals surface area contributed by atoms with Gasteiger partial charge in [0, 0.05) is 47.7 Å². The zero-order valence-corrected chi connectivity index (χ0v) is 14.3. The maximum atomic E-state index is 14.0. The standard InChI is InChI=1S/C20H15F2N3O2/c1-25-10-15(13-6-7-24-19(13)20(25)26)14-9-12(23)3-5-17(14)27-18-4-2-11(21)8-16(18)22/h2-10,24H,23H2,1H3. The van der Waals surface area contributed by atoms with Crippen LogP contribution >= 0.6 is 0 Å². The van der Waals surface area contributed by atoms with Gasteiger partial charge in [0.05, 0.1) is 0 Å². The van der Waals surface area contributed by atoms with Crippen LogP contribution in [0.2, 0.25) is 0 Å². The summed E-state index contributed by atoms with van der Waals surface area (Å²) < 4.78 is 34.3. The van der Waals surface area contributed by atoms with Crippen molar-refractivity contribution >= 4 is 16.6 Å². The fourth-order valence-electron chi connectivity index (χ4n) is 3.01. The molecular formula is C20H15F2N3O2. The average molecular weight is 367 g/mol. The van der Waals surface area contributed by atoms with Crippen molar-refractivity contribution in [3.8, 4) is 22.6 Å². The molecule has 0 unspecified atom stereocenters. The summed E-state index contributed by atoms with van der Waals surface area (Å²) >= 11 is 0. The number of aryl methyl sites for hydroxylation is 1. The lowest BCUT2D eigenvalue weighted by molar-refractivity contribution is 0.439. The summed E-state index contributed by atoms with van der Waals surface area (Å²) in [6, 6.07) is 9.78. The number of benzene rings is 2. The van der Waals surface area contributed by atoms with Crippen molar-refractivity contribution in [2.75, 3.05) is 5.73 Å². The number of pyridine rings is 1. The largest absolute Gasteiger partial charge is 0.454 e. The SMILES string of the molecule is Cn1cc(-c2cc(N)ccc2Oc2ccc(F)cc2F)c2cc[nH]c2c1=O. The molecule has 4 aromatic rings. The lowest BCUT2D eigenvalue weighted by Crippen LogP contribution is -2.16. The molecule has 4 rings (SSSR count). The van der Waals surface area contributed by atoms with E-state index in [2.05, 4.69) is 4.98 Å². The first-order chi connectivity index (χ1) is 12.9. The molecule has 0 spiro atoms. The molecule has 3 N–H and O–H groups in total. The minimum atomic E-state index is -0.815. The molecule has 0 bridgehead atoms. The lowest BCUT2D eigenvalue weighted by atomic mass is 10.0. The number of nitrogens with two attached hydrogens (primary N) is 1. The zero-order chi connectivity index (χ0) is 19.1. The molecule has 0 saturated carbocycles. The fourth-order valence-corrected chi connectivity index (χ4v) is 3.01. The van der Waals surface area contributed by atoms with Gasteiger partial charge in [0.25, 0.3) is 5.56 Å². The quantitative estimate of drug-likeness (QED) is 0.534. The van der Waals surface area contributed by atoms with Gasteiger partial charge in [-0.25, -0.2) is 8.78 Å². The number of fused-ring (bicyclic) bond motifs is 1. The third-order valence-electron chi connectivity index (χ3n) is 4.30. The molecule has 0 aliphatic rings. The first kappa shape index (κ1) is 16.8. The molecular weight excluding hydrogens is 352 g/mol. The van der Waals surface area contributed by atoms with Gasteiger partial charge in [0.1, 0.15) is 17.1 Å². The van der Waals surface area contributed by atoms with E-state index in [4.69, 9.17) is 10.5 Å². The lowest BCUT2D eigenvalue weighted by Gasteiger charge is -2.14. The molecule has 0 radical (unpaired) electrons. The molecule has 0 aliphatic heterocycles. The van der Waals surface area contributed by atoms with Crippen molar-refractivity contribution in [1.29, 1.82) is 0 Å². The van der Waals surface area contributed by atoms with Crippen molar-refractivity contribution in [3.63, 3.8) is 0 Å². The minimum Gasteiger partial charge on any atom is -0.454 e. The van der Waals surface area contributed by atoms with E-state index in [-0.39, 0.29) is 11.3 Å². The van der Waals surface area contributed by atoms with Gasteiger partial charge in [0.2, 0.25) is 0 Å². The first-order valence-electron chi connectivity index (χ1n) is 8.13. The molecule has 0 saturated heterocycles. The highest BCUT2D eigenvalue weighted by atomic mass is 19.1. The van der Waals surface area contributed by atoms with E-state index in [0.29, 0.717) is 33.5 Å². The van der Waals surface area contributed by atoms with Crippen LogP contribution in [0.5, 0.6) is 11.5 Å². The van der Waals surface area contributed by atoms with Gasteiger partial charge in [-0.15, -0.1) is 0 Å². The van der Waals surface area contributed by atoms with Crippen LogP contribution in [0.25, 0.3) is 22.0 Å². The highest BCUT2D eigenvalue weighted by Gasteiger charge is 2.16. The third-order valence-corrected chi connectivity index (χ3v) is 4.30. The van der Waals surface area contributed by atoms with E-state index >= 15 is 0 Å². The smallest absolute Gasteiger partial charge is 0.274 e. The Morgan fingerprint density at radius 2 is 1.81 bits per heavy atom. The summed E-state index contributed by atoms with van der Waals surface area (Å²) in [5, 5.41) is 0.688. The van der Waals surface area contributed by atoms with Gasteiger partial charge in [-0.2, -0.15) is 0 Å². The van der Waals surface area contributed by atoms with E-state index in [1.54, 1.807) is 43.7 Å². The average Bonchev–Trinajstić information content (AvgIpc) is 3.12. The molecule has 136 valence electrons. The maximum Gasteiger partial charge on any atom is 0.274 e. The van der Waals surface area contributed by atoms with Crippen LogP contribution in [0, 0.1) is 11.6 Å². The van der Waals surface area contributed by atoms with Crippen molar-refractivity contribution in [1.82, 2.24) is 9.55 Å². The monoisotopic (exact) mass is 367 g/mol. The minimum absolute atomic E-state index is 0.113. The summed E-state index contributed by atoms with van der Waals surface area (Å²) in [4.78, 5) is 15.2. The van der Waals surface area contributed by atoms with Crippen molar-refractivity contribution in [2.45, 2.75) is 0 Å². The molecule has 0 atom stereocenters. The number of aromatic nitrogens is 2. The molecule has 27 heavy (non-hydrogen) atoms. The van der Waals surface area contributed by atoms with E-state index in [1.807, 2.05) is 0 Å². The van der Waals surface area contributed by atoms with Crippen LogP contribution in [0.4, 0.5) is 14.5 Å². The molecule has 0 amide bonds. The number of nitrogens with zero attached hydrogens (tertiary/aromatic N) is 1. The second-order valence-electron chi connectivity index (χ2n) is 6.16. The van der Waals surface area contributed by atoms with Crippen LogP contribution in [0.3, 0.4) is 0 Å². The second-order valence-corrected chi connectivity index (χ2v) is 6.16. The van der Waals surface area contributed by atoms with Crippen LogP contribution in [0.1, 0.15) is 0 Å². The Bertz CT molecular complexity index is 1230. The topological polar surface area (TPSA) is 73.0 Å². The van der Waals surface area contributed by atoms with Crippen molar-refractivity contribution in [2.24, 2.45) is 7.05 Å². The highest BCUT2D eigenvalue weighted by molar-refractivity contribution is 5.96. The number of hydrogen-bond donors (Lipinski definition) is 2. The van der Waals surface area contributed by atoms with Crippen LogP contribution in [-0.4, -0.2) is 9.55 Å². The molecule has 0 fully saturated rings. The van der Waals surface area contributed by atoms with Gasteiger partial charge in [-0.1, -0.05) is 0 Å². The van der Waals surface area contributed by atoms with Gasteiger partial charge >= 0.3 is 0 Å². The second kappa shape index (κ2) is 6.28. The fraction of sp³-hybridized carbons (Fsp3) is 0.0500. The summed E-state index contributed by atoms with van der Waals surface area (Å²) in [7, 11) is 1.64. The summed E-state index contributed by atoms with van der Waals surface area (Å²) in [5.74, 6) is -1.29. The number of nitrogen functional groups attached to an aromatic ring is 1. The predicted molar refractivity (Wildman–Crippen MR) is 99.8 cm³/mol. The van der Waals surface area contributed by atoms with Crippen LogP contribution in [-0.2, 0) is 7.05 Å². The van der Waals surface area contributed by atoms with E-state index in [0.717, 1.165) is 12.1 Å². The van der Waals surface area contributed by atoms with Crippen molar-refractivity contribution in [3.05, 3.63) is 76.8 Å². The van der Waals surface area contributed by atoms with Crippen LogP contribution in [0.15, 0.2) is 59.7 Å². The number of hydrogen-bond acceptors (Lipinski definition) is 3. The van der Waals surface area contributed by atoms with E-state index in [9.17, 15) is 13.6 Å². The Morgan fingerprint density at radius 1 is 1.04 bits per heavy atom. The Labute approximate surface area is 152 Å². The summed E-state index contributed by atoms with van der Waals surface area (Å²) in [5.41, 5.74) is 7.97. The molecule has 0 aliphatic carbocycles. The van der Waals surface area contributed by atoms with Crippen LogP contribution < -0.4 is 16.0 Å². The number of rotatable bonds is 3. The zero-order valence-electron chi connectivity index (χ0n) is 14.3. The normalized spacial score (nSPS) is 11.1. The molecule has 2 aromatic heterocycles. The number of ether oxygens (including phenoxy) is 1. The summed E-state index contributed by atoms with van der Waals surface area (Å²) in [6.07, 6.45) is 3.34. The Kier molecular flexibility index (Phi) is 3.92. The molecule has 7 heteroatoms. The first-order valence-corrected chi connectivity index (χ1v) is 8.13. The van der Waals surface area contributed by atoms with E-state index in [1.165, 1.54) is 10.6 Å². The number of H-pyrrole nitrogens is 1. The predicted octanol–water partition coefficient (Wildman–Crippen LogP) is 4.19. The Balaban J connectivity index is 1.92. The van der Waals surface area contributed by atoms with E-state index < -0.39 is 11.6 Å². The van der Waals surface area contributed by atoms with Crippen molar-refractivity contribution < 1.29 is 13.5 Å². The molecule has 2 aromatic carbocycles. The Morgan fingerprint density at radius 3 is 2.59 bits per heavy atom. The Hall–Kier alpha value is -3.61. The van der Waals surface area contributed by atoms with Gasteiger partial charge in [-0.05, 0) is 36.4 Å². The van der Waals surface area contributed by atoms with Gasteiger partial charge < -0.3 is 20.0 Å².